The van der Waals surface area contributed by atoms with Gasteiger partial charge in [-0.1, -0.05) is 12.1 Å². The number of esters is 1. The molecule has 2 aliphatic heterocycles. The summed E-state index contributed by atoms with van der Waals surface area (Å²) in [6, 6.07) is 7.97. The summed E-state index contributed by atoms with van der Waals surface area (Å²) >= 11 is 0. The lowest BCUT2D eigenvalue weighted by molar-refractivity contribution is -0.145. The second-order valence-corrected chi connectivity index (χ2v) is 5.55. The van der Waals surface area contributed by atoms with Gasteiger partial charge in [-0.2, -0.15) is 0 Å². The molecule has 0 aliphatic carbocycles. The summed E-state index contributed by atoms with van der Waals surface area (Å²) in [5.74, 6) is 0.409. The molecule has 0 spiro atoms. The van der Waals surface area contributed by atoms with E-state index in [9.17, 15) is 4.79 Å². The van der Waals surface area contributed by atoms with Gasteiger partial charge in [0, 0.05) is 12.6 Å². The first-order chi connectivity index (χ1) is 10.3. The molecular weight excluding hydrogens is 266 g/mol. The average molecular weight is 283 g/mol. The van der Waals surface area contributed by atoms with Crippen LogP contribution in [0.15, 0.2) is 24.3 Å². The number of para-hydroxylation sites is 2. The van der Waals surface area contributed by atoms with E-state index in [4.69, 9.17) is 14.7 Å². The van der Waals surface area contributed by atoms with E-state index in [2.05, 4.69) is 4.90 Å². The van der Waals surface area contributed by atoms with Crippen LogP contribution in [0.1, 0.15) is 31.4 Å². The fraction of sp³-hybridized carbons (Fsp3) is 0.438. The van der Waals surface area contributed by atoms with E-state index in [1.165, 1.54) is 0 Å². The van der Waals surface area contributed by atoms with Crippen molar-refractivity contribution in [3.8, 4) is 0 Å². The van der Waals surface area contributed by atoms with Gasteiger partial charge in [0.15, 0.2) is 5.82 Å². The fourth-order valence-corrected chi connectivity index (χ4v) is 3.51. The Morgan fingerprint density at radius 1 is 1.33 bits per heavy atom. The molecule has 0 radical (unpaired) electrons. The highest BCUT2D eigenvalue weighted by Gasteiger charge is 2.48. The molecule has 4 rings (SSSR count). The van der Waals surface area contributed by atoms with Crippen molar-refractivity contribution in [3.63, 3.8) is 0 Å². The second kappa shape index (κ2) is 4.69. The number of carbonyl (C=O) groups excluding carboxylic acids is 1. The standard InChI is InChI=1S/C16H17N3O2/c1-2-21-16(20)13-12-8-5-9-19(12)15-14(13)17-10-6-3-4-7-11(10)18-15/h3-4,6-7,12-13H,2,5,8-9H2,1H3. The van der Waals surface area contributed by atoms with E-state index < -0.39 is 0 Å². The van der Waals surface area contributed by atoms with Crippen LogP contribution in [-0.4, -0.2) is 35.1 Å². The number of nitrogens with zero attached hydrogens (tertiary/aromatic N) is 3. The predicted octanol–water partition coefficient (Wildman–Crippen LogP) is 2.26. The molecule has 0 N–H and O–H groups in total. The first-order valence-electron chi connectivity index (χ1n) is 7.49. The van der Waals surface area contributed by atoms with Crippen LogP contribution in [-0.2, 0) is 9.53 Å². The Labute approximate surface area is 122 Å². The number of hydrogen-bond acceptors (Lipinski definition) is 5. The highest BCUT2D eigenvalue weighted by Crippen LogP contribution is 2.44. The zero-order valence-corrected chi connectivity index (χ0v) is 12.0. The van der Waals surface area contributed by atoms with Gasteiger partial charge in [0.05, 0.1) is 23.3 Å². The van der Waals surface area contributed by atoms with Gasteiger partial charge in [-0.05, 0) is 31.9 Å². The van der Waals surface area contributed by atoms with Gasteiger partial charge in [0.25, 0.3) is 0 Å². The number of hydrogen-bond donors (Lipinski definition) is 0. The molecule has 2 unspecified atom stereocenters. The molecular formula is C16H17N3O2. The van der Waals surface area contributed by atoms with E-state index in [1.54, 1.807) is 0 Å². The molecule has 2 aliphatic rings. The lowest BCUT2D eigenvalue weighted by Crippen LogP contribution is -2.32. The molecule has 1 saturated heterocycles. The third kappa shape index (κ3) is 1.80. The van der Waals surface area contributed by atoms with E-state index >= 15 is 0 Å². The molecule has 5 heteroatoms. The largest absolute Gasteiger partial charge is 0.465 e. The van der Waals surface area contributed by atoms with E-state index in [0.717, 1.165) is 41.9 Å². The van der Waals surface area contributed by atoms with Crippen molar-refractivity contribution in [1.29, 1.82) is 0 Å². The smallest absolute Gasteiger partial charge is 0.317 e. The van der Waals surface area contributed by atoms with Crippen molar-refractivity contribution >= 4 is 22.8 Å². The monoisotopic (exact) mass is 283 g/mol. The lowest BCUT2D eigenvalue weighted by Gasteiger charge is -2.20. The molecule has 0 amide bonds. The van der Waals surface area contributed by atoms with E-state index in [1.807, 2.05) is 31.2 Å². The summed E-state index contributed by atoms with van der Waals surface area (Å²) in [7, 11) is 0. The number of rotatable bonds is 2. The third-order valence-electron chi connectivity index (χ3n) is 4.37. The number of aromatic nitrogens is 2. The molecule has 3 heterocycles. The zero-order chi connectivity index (χ0) is 14.4. The van der Waals surface area contributed by atoms with Crippen LogP contribution in [0.25, 0.3) is 11.0 Å². The molecule has 1 aromatic heterocycles. The molecule has 1 fully saturated rings. The molecule has 2 aromatic rings. The van der Waals surface area contributed by atoms with E-state index in [-0.39, 0.29) is 17.9 Å². The second-order valence-electron chi connectivity index (χ2n) is 5.55. The lowest BCUT2D eigenvalue weighted by atomic mass is 9.97. The maximum absolute atomic E-state index is 12.4. The van der Waals surface area contributed by atoms with Crippen LogP contribution < -0.4 is 4.90 Å². The Bertz CT molecular complexity index is 716. The SMILES string of the molecule is CCOC(=O)C1c2nc3ccccc3nc2N2CCCC12. The van der Waals surface area contributed by atoms with Crippen LogP contribution in [0.2, 0.25) is 0 Å². The van der Waals surface area contributed by atoms with Crippen molar-refractivity contribution in [2.24, 2.45) is 0 Å². The molecule has 21 heavy (non-hydrogen) atoms. The molecule has 0 saturated carbocycles. The minimum Gasteiger partial charge on any atom is -0.465 e. The van der Waals surface area contributed by atoms with Gasteiger partial charge in [-0.15, -0.1) is 0 Å². The number of anilines is 1. The van der Waals surface area contributed by atoms with Gasteiger partial charge >= 0.3 is 5.97 Å². The summed E-state index contributed by atoms with van der Waals surface area (Å²) in [4.78, 5) is 24.1. The third-order valence-corrected chi connectivity index (χ3v) is 4.37. The fourth-order valence-electron chi connectivity index (χ4n) is 3.51. The molecule has 2 atom stereocenters. The maximum Gasteiger partial charge on any atom is 0.317 e. The highest BCUT2D eigenvalue weighted by molar-refractivity contribution is 5.86. The minimum absolute atomic E-state index is 0.163. The molecule has 1 aromatic carbocycles. The number of benzene rings is 1. The zero-order valence-electron chi connectivity index (χ0n) is 12.0. The van der Waals surface area contributed by atoms with Gasteiger partial charge in [0.2, 0.25) is 0 Å². The van der Waals surface area contributed by atoms with Gasteiger partial charge in [-0.3, -0.25) is 4.79 Å². The number of fused-ring (bicyclic) bond motifs is 4. The maximum atomic E-state index is 12.4. The van der Waals surface area contributed by atoms with Gasteiger partial charge < -0.3 is 9.64 Å². The molecule has 108 valence electrons. The predicted molar refractivity (Wildman–Crippen MR) is 79.3 cm³/mol. The quantitative estimate of drug-likeness (QED) is 0.791. The molecule has 5 nitrogen and oxygen atoms in total. The van der Waals surface area contributed by atoms with Gasteiger partial charge in [-0.25, -0.2) is 9.97 Å². The first-order valence-corrected chi connectivity index (χ1v) is 7.49. The first kappa shape index (κ1) is 12.6. The average Bonchev–Trinajstić information content (AvgIpc) is 3.05. The normalized spacial score (nSPS) is 23.2. The Balaban J connectivity index is 1.88. The van der Waals surface area contributed by atoms with Crippen LogP contribution in [0.4, 0.5) is 5.82 Å². The van der Waals surface area contributed by atoms with Crippen LogP contribution in [0, 0.1) is 0 Å². The topological polar surface area (TPSA) is 55.3 Å². The Morgan fingerprint density at radius 2 is 2.10 bits per heavy atom. The van der Waals surface area contributed by atoms with Crippen molar-refractivity contribution in [2.45, 2.75) is 31.7 Å². The van der Waals surface area contributed by atoms with Crippen LogP contribution in [0.5, 0.6) is 0 Å². The number of carbonyl (C=O) groups is 1. The summed E-state index contributed by atoms with van der Waals surface area (Å²) < 4.78 is 5.27. The van der Waals surface area contributed by atoms with Crippen molar-refractivity contribution < 1.29 is 9.53 Å². The van der Waals surface area contributed by atoms with Crippen molar-refractivity contribution in [3.05, 3.63) is 30.0 Å². The summed E-state index contributed by atoms with van der Waals surface area (Å²) in [5.41, 5.74) is 2.51. The molecule has 0 bridgehead atoms. The van der Waals surface area contributed by atoms with Crippen LogP contribution in [0.3, 0.4) is 0 Å². The van der Waals surface area contributed by atoms with Crippen molar-refractivity contribution in [1.82, 2.24) is 9.97 Å². The highest BCUT2D eigenvalue weighted by atomic mass is 16.5. The van der Waals surface area contributed by atoms with Gasteiger partial charge in [0.1, 0.15) is 5.92 Å². The van der Waals surface area contributed by atoms with Crippen molar-refractivity contribution in [2.75, 3.05) is 18.1 Å². The summed E-state index contributed by atoms with van der Waals surface area (Å²) in [6.45, 7) is 3.19. The minimum atomic E-state index is -0.292. The summed E-state index contributed by atoms with van der Waals surface area (Å²) in [5, 5.41) is 0. The van der Waals surface area contributed by atoms with Crippen LogP contribution >= 0.6 is 0 Å². The Morgan fingerprint density at radius 3 is 2.86 bits per heavy atom. The summed E-state index contributed by atoms with van der Waals surface area (Å²) in [6.07, 6.45) is 2.09. The van der Waals surface area contributed by atoms with E-state index in [0.29, 0.717) is 6.61 Å². The Kier molecular flexibility index (Phi) is 2.80. The Hall–Kier alpha value is -2.17. The number of ether oxygens (including phenoxy) is 1.